The zero-order valence-electron chi connectivity index (χ0n) is 24.5. The Hall–Kier alpha value is -4.08. The SMILES string of the molecule is CCCN1CCc2nc3ccccc3c(C(=O)OCC(=O)Nc3sc4c(c3C(=O)OC)CCC(c3ccccc3)C4)c2C1. The van der Waals surface area contributed by atoms with Gasteiger partial charge in [-0.1, -0.05) is 55.5 Å². The van der Waals surface area contributed by atoms with Crippen molar-refractivity contribution < 1.29 is 23.9 Å². The van der Waals surface area contributed by atoms with Crippen molar-refractivity contribution in [1.82, 2.24) is 9.88 Å². The maximum absolute atomic E-state index is 13.6. The summed E-state index contributed by atoms with van der Waals surface area (Å²) in [5.74, 6) is -1.18. The van der Waals surface area contributed by atoms with E-state index >= 15 is 0 Å². The predicted molar refractivity (Wildman–Crippen MR) is 167 cm³/mol. The van der Waals surface area contributed by atoms with E-state index < -0.39 is 24.5 Å². The average Bonchev–Trinajstić information content (AvgIpc) is 3.39. The van der Waals surface area contributed by atoms with Gasteiger partial charge in [-0.15, -0.1) is 11.3 Å². The molecule has 0 saturated heterocycles. The summed E-state index contributed by atoms with van der Waals surface area (Å²) in [5, 5.41) is 4.01. The van der Waals surface area contributed by atoms with Crippen LogP contribution in [0.2, 0.25) is 0 Å². The van der Waals surface area contributed by atoms with Gasteiger partial charge in [0.05, 0.1) is 23.8 Å². The monoisotopic (exact) mass is 597 g/mol. The van der Waals surface area contributed by atoms with Crippen molar-refractivity contribution in [1.29, 1.82) is 0 Å². The molecule has 222 valence electrons. The fraction of sp³-hybridized carbons (Fsp3) is 0.353. The molecule has 0 spiro atoms. The summed E-state index contributed by atoms with van der Waals surface area (Å²) < 4.78 is 10.7. The van der Waals surface area contributed by atoms with Crippen molar-refractivity contribution in [3.8, 4) is 0 Å². The largest absolute Gasteiger partial charge is 0.465 e. The number of aromatic nitrogens is 1. The lowest BCUT2D eigenvalue weighted by Gasteiger charge is -2.29. The van der Waals surface area contributed by atoms with E-state index in [2.05, 4.69) is 29.3 Å². The number of rotatable bonds is 8. The number of ether oxygens (including phenoxy) is 2. The highest BCUT2D eigenvalue weighted by atomic mass is 32.1. The number of esters is 2. The van der Waals surface area contributed by atoms with Crippen LogP contribution >= 0.6 is 11.3 Å². The van der Waals surface area contributed by atoms with E-state index in [1.165, 1.54) is 24.0 Å². The van der Waals surface area contributed by atoms with Gasteiger partial charge in [0.1, 0.15) is 5.00 Å². The van der Waals surface area contributed by atoms with Crippen LogP contribution in [0, 0.1) is 0 Å². The number of hydrogen-bond donors (Lipinski definition) is 1. The van der Waals surface area contributed by atoms with Crippen LogP contribution in [0.4, 0.5) is 5.00 Å². The molecule has 0 bridgehead atoms. The van der Waals surface area contributed by atoms with Gasteiger partial charge >= 0.3 is 11.9 Å². The first-order chi connectivity index (χ1) is 21.0. The molecule has 2 aliphatic rings. The molecule has 1 atom stereocenters. The van der Waals surface area contributed by atoms with Crippen LogP contribution in [-0.2, 0) is 40.1 Å². The highest BCUT2D eigenvalue weighted by Gasteiger charge is 2.31. The summed E-state index contributed by atoms with van der Waals surface area (Å²) in [7, 11) is 1.34. The van der Waals surface area contributed by atoms with Crippen molar-refractivity contribution in [2.24, 2.45) is 0 Å². The Morgan fingerprint density at radius 3 is 2.58 bits per heavy atom. The first kappa shape index (κ1) is 29.0. The quantitative estimate of drug-likeness (QED) is 0.252. The Morgan fingerprint density at radius 1 is 1.00 bits per heavy atom. The Kier molecular flexibility index (Phi) is 8.54. The molecule has 1 unspecified atom stereocenters. The molecule has 2 aromatic carbocycles. The molecule has 0 radical (unpaired) electrons. The number of pyridine rings is 1. The van der Waals surface area contributed by atoms with Crippen LogP contribution in [0.3, 0.4) is 0 Å². The number of hydrogen-bond acceptors (Lipinski definition) is 8. The van der Waals surface area contributed by atoms with Crippen molar-refractivity contribution in [2.75, 3.05) is 32.1 Å². The zero-order valence-corrected chi connectivity index (χ0v) is 25.3. The number of amides is 1. The lowest BCUT2D eigenvalue weighted by Crippen LogP contribution is -2.33. The van der Waals surface area contributed by atoms with Crippen molar-refractivity contribution in [3.63, 3.8) is 0 Å². The fourth-order valence-electron chi connectivity index (χ4n) is 6.35. The summed E-state index contributed by atoms with van der Waals surface area (Å²) >= 11 is 1.40. The number of benzene rings is 2. The van der Waals surface area contributed by atoms with Crippen LogP contribution in [0.25, 0.3) is 10.9 Å². The van der Waals surface area contributed by atoms with Gasteiger partial charge in [-0.2, -0.15) is 0 Å². The number of methoxy groups -OCH3 is 1. The standard InChI is InChI=1S/C34H35N3O5S/c1-3-16-37-17-15-27-25(19-37)30(23-11-7-8-12-26(23)35-27)34(40)42-20-29(38)36-32-31(33(39)41-2)24-14-13-22(18-28(24)43-32)21-9-5-4-6-10-21/h4-12,22H,3,13-20H2,1-2H3,(H,36,38). The van der Waals surface area contributed by atoms with Crippen molar-refractivity contribution >= 4 is 45.1 Å². The minimum Gasteiger partial charge on any atom is -0.465 e. The lowest BCUT2D eigenvalue weighted by atomic mass is 9.83. The Labute approximate surface area is 255 Å². The number of nitrogens with one attached hydrogen (secondary N) is 1. The van der Waals surface area contributed by atoms with E-state index in [-0.39, 0.29) is 0 Å². The number of anilines is 1. The van der Waals surface area contributed by atoms with Crippen LogP contribution in [0.15, 0.2) is 54.6 Å². The van der Waals surface area contributed by atoms with Gasteiger partial charge in [0.2, 0.25) is 0 Å². The van der Waals surface area contributed by atoms with Crippen LogP contribution in [-0.4, -0.2) is 54.5 Å². The molecular formula is C34H35N3O5S. The molecule has 0 fully saturated rings. The van der Waals surface area contributed by atoms with E-state index in [1.807, 2.05) is 42.5 Å². The number of fused-ring (bicyclic) bond motifs is 3. The molecule has 0 saturated carbocycles. The Morgan fingerprint density at radius 2 is 1.79 bits per heavy atom. The van der Waals surface area contributed by atoms with Crippen LogP contribution < -0.4 is 5.32 Å². The average molecular weight is 598 g/mol. The number of carbonyl (C=O) groups is 3. The number of thiophene rings is 1. The topological polar surface area (TPSA) is 97.8 Å². The molecule has 3 heterocycles. The second-order valence-corrected chi connectivity index (χ2v) is 12.2. The van der Waals surface area contributed by atoms with Crippen molar-refractivity contribution in [2.45, 2.75) is 51.5 Å². The summed E-state index contributed by atoms with van der Waals surface area (Å²) in [6.45, 7) is 4.11. The second kappa shape index (κ2) is 12.7. The second-order valence-electron chi connectivity index (χ2n) is 11.1. The first-order valence-electron chi connectivity index (χ1n) is 14.8. The third-order valence-electron chi connectivity index (χ3n) is 8.38. The summed E-state index contributed by atoms with van der Waals surface area (Å²) in [5.41, 5.74) is 5.59. The third kappa shape index (κ3) is 5.92. The van der Waals surface area contributed by atoms with E-state index in [9.17, 15) is 14.4 Å². The van der Waals surface area contributed by atoms with Gasteiger partial charge < -0.3 is 14.8 Å². The van der Waals surface area contributed by atoms with E-state index in [4.69, 9.17) is 14.5 Å². The summed E-state index contributed by atoms with van der Waals surface area (Å²) in [4.78, 5) is 47.8. The van der Waals surface area contributed by atoms with Gasteiger partial charge in [-0.05, 0) is 55.3 Å². The maximum atomic E-state index is 13.6. The van der Waals surface area contributed by atoms with E-state index in [1.54, 1.807) is 0 Å². The highest BCUT2D eigenvalue weighted by Crippen LogP contribution is 2.42. The number of nitrogens with zero attached hydrogens (tertiary/aromatic N) is 2. The minimum absolute atomic E-state index is 0.344. The number of para-hydroxylation sites is 1. The Bertz CT molecular complexity index is 1680. The smallest absolute Gasteiger partial charge is 0.341 e. The number of carbonyl (C=O) groups excluding carboxylic acids is 3. The molecule has 1 aliphatic carbocycles. The third-order valence-corrected chi connectivity index (χ3v) is 9.55. The van der Waals surface area contributed by atoms with Gasteiger partial charge in [-0.25, -0.2) is 9.59 Å². The molecule has 2 aromatic heterocycles. The summed E-state index contributed by atoms with van der Waals surface area (Å²) in [6, 6.07) is 17.9. The normalized spacial score (nSPS) is 16.3. The molecule has 1 N–H and O–H groups in total. The Balaban J connectivity index is 1.21. The molecule has 43 heavy (non-hydrogen) atoms. The maximum Gasteiger partial charge on any atom is 0.341 e. The molecule has 1 aliphatic heterocycles. The highest BCUT2D eigenvalue weighted by molar-refractivity contribution is 7.17. The zero-order chi connectivity index (χ0) is 29.9. The summed E-state index contributed by atoms with van der Waals surface area (Å²) in [6.07, 6.45) is 4.18. The van der Waals surface area contributed by atoms with Crippen LogP contribution in [0.5, 0.6) is 0 Å². The fourth-order valence-corrected chi connectivity index (χ4v) is 7.69. The molecule has 6 rings (SSSR count). The lowest BCUT2D eigenvalue weighted by molar-refractivity contribution is -0.119. The minimum atomic E-state index is -0.548. The molecule has 8 nitrogen and oxygen atoms in total. The van der Waals surface area contributed by atoms with E-state index in [0.717, 1.165) is 77.8 Å². The van der Waals surface area contributed by atoms with Gasteiger partial charge in [0, 0.05) is 41.0 Å². The van der Waals surface area contributed by atoms with Gasteiger partial charge in [-0.3, -0.25) is 14.7 Å². The molecule has 4 aromatic rings. The molecule has 9 heteroatoms. The first-order valence-corrected chi connectivity index (χ1v) is 15.7. The van der Waals surface area contributed by atoms with Gasteiger partial charge in [0.25, 0.3) is 5.91 Å². The molecule has 1 amide bonds. The van der Waals surface area contributed by atoms with E-state index in [0.29, 0.717) is 28.6 Å². The van der Waals surface area contributed by atoms with Crippen molar-refractivity contribution in [3.05, 3.63) is 93.0 Å². The van der Waals surface area contributed by atoms with Crippen LogP contribution in [0.1, 0.15) is 73.7 Å². The van der Waals surface area contributed by atoms with Gasteiger partial charge in [0.15, 0.2) is 6.61 Å². The predicted octanol–water partition coefficient (Wildman–Crippen LogP) is 5.92. The molecular weight excluding hydrogens is 562 g/mol.